The Morgan fingerprint density at radius 3 is 2.08 bits per heavy atom. The van der Waals surface area contributed by atoms with Gasteiger partial charge in [-0.2, -0.15) is 0 Å². The topological polar surface area (TPSA) is 69.7 Å². The van der Waals surface area contributed by atoms with Crippen molar-refractivity contribution in [3.8, 4) is 0 Å². The first-order valence-corrected chi connectivity index (χ1v) is 8.50. The molecule has 26 heavy (non-hydrogen) atoms. The Labute approximate surface area is 152 Å². The van der Waals surface area contributed by atoms with Crippen molar-refractivity contribution in [3.63, 3.8) is 0 Å². The Hall–Kier alpha value is -3.15. The van der Waals surface area contributed by atoms with E-state index in [0.717, 1.165) is 11.4 Å². The van der Waals surface area contributed by atoms with Gasteiger partial charge in [-0.25, -0.2) is 0 Å². The maximum Gasteiger partial charge on any atom is 0.261 e. The number of nitrogens with zero attached hydrogens (tertiary/aromatic N) is 2. The fourth-order valence-corrected chi connectivity index (χ4v) is 2.91. The molecule has 2 aromatic rings. The summed E-state index contributed by atoms with van der Waals surface area (Å²) in [5, 5.41) is 2.83. The molecular weight excluding hydrogens is 330 g/mol. The van der Waals surface area contributed by atoms with Crippen LogP contribution in [0.1, 0.15) is 33.6 Å². The number of imide groups is 1. The van der Waals surface area contributed by atoms with Crippen molar-refractivity contribution in [2.75, 3.05) is 30.9 Å². The summed E-state index contributed by atoms with van der Waals surface area (Å²) in [5.41, 5.74) is 2.64. The fraction of sp³-hybridized carbons (Fsp3) is 0.250. The molecular formula is C20H21N3O3. The van der Waals surface area contributed by atoms with E-state index in [2.05, 4.69) is 5.32 Å². The van der Waals surface area contributed by atoms with Gasteiger partial charge in [0.1, 0.15) is 0 Å². The normalized spacial score (nSPS) is 12.9. The number of rotatable bonds is 6. The molecule has 6 heteroatoms. The SMILES string of the molecule is CN(C)c1ccc(NC(=O)CCCN2C(=O)c3ccccc3C2=O)cc1. The van der Waals surface area contributed by atoms with Gasteiger partial charge in [-0.1, -0.05) is 12.1 Å². The molecule has 0 spiro atoms. The zero-order valence-electron chi connectivity index (χ0n) is 14.9. The predicted octanol–water partition coefficient (Wildman–Crippen LogP) is 2.77. The van der Waals surface area contributed by atoms with E-state index >= 15 is 0 Å². The summed E-state index contributed by atoms with van der Waals surface area (Å²) in [5.74, 6) is -0.713. The smallest absolute Gasteiger partial charge is 0.261 e. The van der Waals surface area contributed by atoms with E-state index in [1.165, 1.54) is 4.90 Å². The molecule has 134 valence electrons. The van der Waals surface area contributed by atoms with Crippen LogP contribution >= 0.6 is 0 Å². The highest BCUT2D eigenvalue weighted by Crippen LogP contribution is 2.22. The molecule has 6 nitrogen and oxygen atoms in total. The molecule has 0 aliphatic carbocycles. The number of amides is 3. The lowest BCUT2D eigenvalue weighted by Crippen LogP contribution is -2.31. The zero-order chi connectivity index (χ0) is 18.7. The number of anilines is 2. The first kappa shape index (κ1) is 17.7. The van der Waals surface area contributed by atoms with Crippen molar-refractivity contribution in [1.29, 1.82) is 0 Å². The predicted molar refractivity (Wildman–Crippen MR) is 100 cm³/mol. The second kappa shape index (κ2) is 7.39. The molecule has 0 radical (unpaired) electrons. The van der Waals surface area contributed by atoms with Crippen LogP contribution in [-0.4, -0.2) is 43.3 Å². The highest BCUT2D eigenvalue weighted by atomic mass is 16.2. The molecule has 0 saturated heterocycles. The maximum absolute atomic E-state index is 12.3. The molecule has 0 unspecified atom stereocenters. The average Bonchev–Trinajstić information content (AvgIpc) is 2.87. The molecule has 3 amide bonds. The van der Waals surface area contributed by atoms with Crippen molar-refractivity contribution >= 4 is 29.1 Å². The van der Waals surface area contributed by atoms with Gasteiger partial charge in [-0.05, 0) is 42.8 Å². The summed E-state index contributed by atoms with van der Waals surface area (Å²) in [7, 11) is 3.90. The first-order valence-electron chi connectivity index (χ1n) is 8.50. The second-order valence-corrected chi connectivity index (χ2v) is 6.40. The van der Waals surface area contributed by atoms with Crippen LogP contribution in [0.3, 0.4) is 0 Å². The van der Waals surface area contributed by atoms with Gasteiger partial charge < -0.3 is 10.2 Å². The van der Waals surface area contributed by atoms with Crippen molar-refractivity contribution in [2.24, 2.45) is 0 Å². The summed E-state index contributed by atoms with van der Waals surface area (Å²) in [4.78, 5) is 39.8. The molecule has 1 aliphatic heterocycles. The van der Waals surface area contributed by atoms with Crippen molar-refractivity contribution < 1.29 is 14.4 Å². The quantitative estimate of drug-likeness (QED) is 0.813. The monoisotopic (exact) mass is 351 g/mol. The Morgan fingerprint density at radius 1 is 0.962 bits per heavy atom. The molecule has 0 bridgehead atoms. The van der Waals surface area contributed by atoms with Gasteiger partial charge in [0, 0.05) is 38.4 Å². The number of fused-ring (bicyclic) bond motifs is 1. The molecule has 1 heterocycles. The summed E-state index contributed by atoms with van der Waals surface area (Å²) >= 11 is 0. The largest absolute Gasteiger partial charge is 0.378 e. The van der Waals surface area contributed by atoms with Crippen LogP contribution in [-0.2, 0) is 4.79 Å². The van der Waals surface area contributed by atoms with Crippen molar-refractivity contribution in [2.45, 2.75) is 12.8 Å². The van der Waals surface area contributed by atoms with Gasteiger partial charge in [0.05, 0.1) is 11.1 Å². The molecule has 0 atom stereocenters. The van der Waals surface area contributed by atoms with Gasteiger partial charge in [-0.15, -0.1) is 0 Å². The van der Waals surface area contributed by atoms with Gasteiger partial charge in [-0.3, -0.25) is 19.3 Å². The van der Waals surface area contributed by atoms with E-state index in [1.54, 1.807) is 24.3 Å². The maximum atomic E-state index is 12.3. The lowest BCUT2D eigenvalue weighted by molar-refractivity contribution is -0.116. The minimum absolute atomic E-state index is 0.140. The van der Waals surface area contributed by atoms with E-state index in [9.17, 15) is 14.4 Å². The highest BCUT2D eigenvalue weighted by molar-refractivity contribution is 6.21. The molecule has 3 rings (SSSR count). The molecule has 1 N–H and O–H groups in total. The lowest BCUT2D eigenvalue weighted by atomic mass is 10.1. The average molecular weight is 351 g/mol. The zero-order valence-corrected chi connectivity index (χ0v) is 14.9. The van der Waals surface area contributed by atoms with Crippen molar-refractivity contribution in [3.05, 3.63) is 59.7 Å². The highest BCUT2D eigenvalue weighted by Gasteiger charge is 2.34. The Balaban J connectivity index is 1.50. The van der Waals surface area contributed by atoms with Crippen LogP contribution in [0.2, 0.25) is 0 Å². The lowest BCUT2D eigenvalue weighted by Gasteiger charge is -2.14. The third-order valence-electron chi connectivity index (χ3n) is 4.33. The van der Waals surface area contributed by atoms with E-state index in [1.807, 2.05) is 43.3 Å². The molecule has 2 aromatic carbocycles. The van der Waals surface area contributed by atoms with E-state index in [4.69, 9.17) is 0 Å². The summed E-state index contributed by atoms with van der Waals surface area (Å²) < 4.78 is 0. The fourth-order valence-electron chi connectivity index (χ4n) is 2.91. The number of carbonyl (C=O) groups excluding carboxylic acids is 3. The van der Waals surface area contributed by atoms with E-state index < -0.39 is 0 Å². The molecule has 0 fully saturated rings. The Morgan fingerprint density at radius 2 is 1.54 bits per heavy atom. The van der Waals surface area contributed by atoms with E-state index in [0.29, 0.717) is 17.5 Å². The number of hydrogen-bond acceptors (Lipinski definition) is 4. The first-order chi connectivity index (χ1) is 12.5. The summed E-state index contributed by atoms with van der Waals surface area (Å²) in [6.45, 7) is 0.235. The van der Waals surface area contributed by atoms with Gasteiger partial charge >= 0.3 is 0 Å². The standard InChI is InChI=1S/C20H21N3O3/c1-22(2)15-11-9-14(10-12-15)21-18(24)8-5-13-23-19(25)16-6-3-4-7-17(16)20(23)26/h3-4,6-7,9-12H,5,8,13H2,1-2H3,(H,21,24). The van der Waals surface area contributed by atoms with Crippen molar-refractivity contribution in [1.82, 2.24) is 4.90 Å². The Kier molecular flexibility index (Phi) is 5.02. The minimum Gasteiger partial charge on any atom is -0.378 e. The summed E-state index contributed by atoms with van der Waals surface area (Å²) in [6.07, 6.45) is 0.663. The van der Waals surface area contributed by atoms with Gasteiger partial charge in [0.25, 0.3) is 11.8 Å². The molecule has 0 aromatic heterocycles. The number of hydrogen-bond donors (Lipinski definition) is 1. The Bertz CT molecular complexity index is 809. The van der Waals surface area contributed by atoms with Crippen LogP contribution in [0, 0.1) is 0 Å². The van der Waals surface area contributed by atoms with E-state index in [-0.39, 0.29) is 30.7 Å². The number of benzene rings is 2. The van der Waals surface area contributed by atoms with Crippen LogP contribution in [0.15, 0.2) is 48.5 Å². The second-order valence-electron chi connectivity index (χ2n) is 6.40. The van der Waals surface area contributed by atoms with Crippen LogP contribution < -0.4 is 10.2 Å². The number of carbonyl (C=O) groups is 3. The molecule has 0 saturated carbocycles. The third kappa shape index (κ3) is 3.59. The number of nitrogens with one attached hydrogen (secondary N) is 1. The van der Waals surface area contributed by atoms with Gasteiger partial charge in [0.15, 0.2) is 0 Å². The molecule has 1 aliphatic rings. The van der Waals surface area contributed by atoms with Gasteiger partial charge in [0.2, 0.25) is 5.91 Å². The van der Waals surface area contributed by atoms with Crippen LogP contribution in [0.4, 0.5) is 11.4 Å². The van der Waals surface area contributed by atoms with Crippen LogP contribution in [0.5, 0.6) is 0 Å². The minimum atomic E-state index is -0.287. The summed E-state index contributed by atoms with van der Waals surface area (Å²) in [6, 6.07) is 14.3. The van der Waals surface area contributed by atoms with Crippen LogP contribution in [0.25, 0.3) is 0 Å². The third-order valence-corrected chi connectivity index (χ3v) is 4.33.